The summed E-state index contributed by atoms with van der Waals surface area (Å²) in [5, 5.41) is 3.19. The Morgan fingerprint density at radius 1 is 0.857 bits per heavy atom. The molecule has 35 heavy (non-hydrogen) atoms. The number of amides is 1. The Morgan fingerprint density at radius 2 is 1.43 bits per heavy atom. The van der Waals surface area contributed by atoms with E-state index in [9.17, 15) is 4.79 Å². The molecule has 2 aromatic rings. The Labute approximate surface area is 214 Å². The van der Waals surface area contributed by atoms with Crippen molar-refractivity contribution in [2.45, 2.75) is 110 Å². The molecule has 1 amide bonds. The molecular formula is C31H49N2O2+. The number of hydrogen-bond donors (Lipinski definition) is 1. The van der Waals surface area contributed by atoms with E-state index in [1.807, 2.05) is 42.2 Å². The number of carbonyl (C=O) groups is 1. The number of carbonyl (C=O) groups excluding carboxylic acids is 1. The van der Waals surface area contributed by atoms with Crippen molar-refractivity contribution in [2.75, 3.05) is 6.61 Å². The number of ether oxygens (including phenoxy) is 1. The Hall–Kier alpha value is -2.36. The Balaban J connectivity index is 1.65. The van der Waals surface area contributed by atoms with E-state index in [0.717, 1.165) is 36.3 Å². The maximum atomic E-state index is 12.7. The number of unbranched alkanes of at least 4 members (excludes halogenated alkanes) is 11. The first-order valence-corrected chi connectivity index (χ1v) is 14.0. The number of benzene rings is 1. The molecule has 2 rings (SSSR count). The van der Waals surface area contributed by atoms with E-state index in [2.05, 4.69) is 38.2 Å². The van der Waals surface area contributed by atoms with Crippen LogP contribution in [0.15, 0.2) is 42.7 Å². The molecule has 1 heterocycles. The van der Waals surface area contributed by atoms with Gasteiger partial charge in [0.05, 0.1) is 18.2 Å². The van der Waals surface area contributed by atoms with E-state index < -0.39 is 0 Å². The molecule has 0 bridgehead atoms. The fourth-order valence-corrected chi connectivity index (χ4v) is 4.56. The first-order chi connectivity index (χ1) is 17.0. The molecular weight excluding hydrogens is 432 g/mol. The number of aromatic nitrogens is 1. The minimum atomic E-state index is -0.0378. The van der Waals surface area contributed by atoms with Crippen molar-refractivity contribution >= 4 is 5.91 Å². The van der Waals surface area contributed by atoms with Crippen LogP contribution in [0.25, 0.3) is 0 Å². The van der Waals surface area contributed by atoms with Gasteiger partial charge in [0.25, 0.3) is 5.91 Å². The smallest absolute Gasteiger partial charge is 0.252 e. The van der Waals surface area contributed by atoms with Gasteiger partial charge in [-0.15, -0.1) is 0 Å². The maximum Gasteiger partial charge on any atom is 0.252 e. The summed E-state index contributed by atoms with van der Waals surface area (Å²) in [7, 11) is 1.95. The van der Waals surface area contributed by atoms with Gasteiger partial charge in [0.2, 0.25) is 0 Å². The second-order valence-corrected chi connectivity index (χ2v) is 9.94. The van der Waals surface area contributed by atoms with Crippen LogP contribution in [-0.2, 0) is 7.05 Å². The first kappa shape index (κ1) is 28.9. The molecule has 1 unspecified atom stereocenters. The van der Waals surface area contributed by atoms with E-state index in [0.29, 0.717) is 5.56 Å². The largest absolute Gasteiger partial charge is 0.494 e. The van der Waals surface area contributed by atoms with Crippen molar-refractivity contribution < 1.29 is 14.1 Å². The SMILES string of the molecule is CCCCCCCCCCCCCCOc1ccc(C(CC)NC(=O)c2cc[n+](C)cc2)c(C)c1. The Morgan fingerprint density at radius 3 is 1.97 bits per heavy atom. The van der Waals surface area contributed by atoms with Crippen LogP contribution in [0.5, 0.6) is 5.75 Å². The van der Waals surface area contributed by atoms with Crippen LogP contribution in [0.2, 0.25) is 0 Å². The van der Waals surface area contributed by atoms with Gasteiger partial charge in [-0.1, -0.05) is 90.5 Å². The zero-order valence-corrected chi connectivity index (χ0v) is 22.8. The highest BCUT2D eigenvalue weighted by molar-refractivity contribution is 5.94. The number of rotatable bonds is 18. The van der Waals surface area contributed by atoms with E-state index in [4.69, 9.17) is 4.74 Å². The fourth-order valence-electron chi connectivity index (χ4n) is 4.56. The lowest BCUT2D eigenvalue weighted by molar-refractivity contribution is -0.671. The molecule has 1 aromatic heterocycles. The van der Waals surface area contributed by atoms with E-state index in [1.54, 1.807) is 0 Å². The predicted octanol–water partition coefficient (Wildman–Crippen LogP) is 7.78. The highest BCUT2D eigenvalue weighted by Gasteiger charge is 2.17. The lowest BCUT2D eigenvalue weighted by Gasteiger charge is -2.20. The Bertz CT molecular complexity index is 848. The fraction of sp³-hybridized carbons (Fsp3) is 0.613. The molecule has 4 nitrogen and oxygen atoms in total. The van der Waals surface area contributed by atoms with Crippen LogP contribution in [0, 0.1) is 6.92 Å². The monoisotopic (exact) mass is 481 g/mol. The zero-order chi connectivity index (χ0) is 25.3. The highest BCUT2D eigenvalue weighted by Crippen LogP contribution is 2.25. The van der Waals surface area contributed by atoms with E-state index in [-0.39, 0.29) is 11.9 Å². The average molecular weight is 482 g/mol. The predicted molar refractivity (Wildman–Crippen MR) is 146 cm³/mol. The van der Waals surface area contributed by atoms with Crippen molar-refractivity contribution in [3.63, 3.8) is 0 Å². The topological polar surface area (TPSA) is 42.2 Å². The van der Waals surface area contributed by atoms with Crippen molar-refractivity contribution in [2.24, 2.45) is 7.05 Å². The van der Waals surface area contributed by atoms with Gasteiger partial charge in [-0.3, -0.25) is 4.79 Å². The van der Waals surface area contributed by atoms with Gasteiger partial charge in [0, 0.05) is 12.1 Å². The van der Waals surface area contributed by atoms with Crippen molar-refractivity contribution in [1.29, 1.82) is 0 Å². The van der Waals surface area contributed by atoms with Crippen molar-refractivity contribution in [3.05, 3.63) is 59.4 Å². The van der Waals surface area contributed by atoms with Gasteiger partial charge < -0.3 is 10.1 Å². The summed E-state index contributed by atoms with van der Waals surface area (Å²) in [6.45, 7) is 7.26. The molecule has 194 valence electrons. The molecule has 1 N–H and O–H groups in total. The van der Waals surface area contributed by atoms with Crippen LogP contribution < -0.4 is 14.6 Å². The molecule has 0 fully saturated rings. The summed E-state index contributed by atoms with van der Waals surface area (Å²) in [5.74, 6) is 0.884. The normalized spacial score (nSPS) is 11.9. The number of pyridine rings is 1. The van der Waals surface area contributed by atoms with Crippen LogP contribution in [0.1, 0.15) is 125 Å². The van der Waals surface area contributed by atoms with E-state index in [1.165, 1.54) is 70.6 Å². The molecule has 0 aliphatic rings. The standard InChI is InChI=1S/C31H48N2O2/c1-5-7-8-9-10-11-12-13-14-15-16-17-24-35-28-18-19-29(26(3)25-28)30(6-2)32-31(34)27-20-22-33(4)23-21-27/h18-23,25,30H,5-17,24H2,1-4H3/p+1. The third-order valence-electron chi connectivity index (χ3n) is 6.84. The quantitative estimate of drug-likeness (QED) is 0.174. The second-order valence-electron chi connectivity index (χ2n) is 9.94. The maximum absolute atomic E-state index is 12.7. The van der Waals surface area contributed by atoms with Gasteiger partial charge in [-0.25, -0.2) is 4.57 Å². The summed E-state index contributed by atoms with van der Waals surface area (Å²) in [4.78, 5) is 12.7. The van der Waals surface area contributed by atoms with Crippen LogP contribution in [0.4, 0.5) is 0 Å². The molecule has 4 heteroatoms. The lowest BCUT2D eigenvalue weighted by atomic mass is 9.98. The second kappa shape index (κ2) is 17.1. The molecule has 0 saturated carbocycles. The van der Waals surface area contributed by atoms with E-state index >= 15 is 0 Å². The lowest BCUT2D eigenvalue weighted by Crippen LogP contribution is -2.31. The van der Waals surface area contributed by atoms with Gasteiger partial charge >= 0.3 is 0 Å². The minimum absolute atomic E-state index is 0.0122. The summed E-state index contributed by atoms with van der Waals surface area (Å²) >= 11 is 0. The number of hydrogen-bond acceptors (Lipinski definition) is 2. The number of aryl methyl sites for hydroxylation is 2. The highest BCUT2D eigenvalue weighted by atomic mass is 16.5. The summed E-state index contributed by atoms with van der Waals surface area (Å²) in [6.07, 6.45) is 20.8. The van der Waals surface area contributed by atoms with Gasteiger partial charge in [0.1, 0.15) is 12.8 Å². The molecule has 0 aliphatic heterocycles. The van der Waals surface area contributed by atoms with Gasteiger partial charge in [-0.2, -0.15) is 0 Å². The average Bonchev–Trinajstić information content (AvgIpc) is 2.86. The van der Waals surface area contributed by atoms with Crippen molar-refractivity contribution in [1.82, 2.24) is 5.32 Å². The number of nitrogens with zero attached hydrogens (tertiary/aromatic N) is 1. The van der Waals surface area contributed by atoms with Gasteiger partial charge in [-0.05, 0) is 43.0 Å². The molecule has 0 saturated heterocycles. The molecule has 0 radical (unpaired) electrons. The minimum Gasteiger partial charge on any atom is -0.494 e. The zero-order valence-electron chi connectivity index (χ0n) is 22.8. The summed E-state index contributed by atoms with van der Waals surface area (Å²) in [6, 6.07) is 9.93. The van der Waals surface area contributed by atoms with Crippen LogP contribution in [-0.4, -0.2) is 12.5 Å². The summed E-state index contributed by atoms with van der Waals surface area (Å²) in [5.41, 5.74) is 2.99. The molecule has 1 aromatic carbocycles. The third-order valence-corrected chi connectivity index (χ3v) is 6.84. The molecule has 0 spiro atoms. The Kier molecular flexibility index (Phi) is 14.1. The molecule has 0 aliphatic carbocycles. The molecule has 1 atom stereocenters. The first-order valence-electron chi connectivity index (χ1n) is 14.0. The van der Waals surface area contributed by atoms with Crippen LogP contribution in [0.3, 0.4) is 0 Å². The van der Waals surface area contributed by atoms with Crippen LogP contribution >= 0.6 is 0 Å². The van der Waals surface area contributed by atoms with Crippen molar-refractivity contribution in [3.8, 4) is 5.75 Å². The summed E-state index contributed by atoms with van der Waals surface area (Å²) < 4.78 is 7.94. The van der Waals surface area contributed by atoms with Gasteiger partial charge in [0.15, 0.2) is 12.4 Å². The number of nitrogens with one attached hydrogen (secondary N) is 1. The third kappa shape index (κ3) is 11.3.